The van der Waals surface area contributed by atoms with E-state index in [1.807, 2.05) is 72.8 Å². The summed E-state index contributed by atoms with van der Waals surface area (Å²) in [5, 5.41) is 49.8. The molecule has 6 aromatic carbocycles. The molecule has 8 nitrogen and oxygen atoms in total. The molecule has 8 bridgehead atoms. The molecule has 0 unspecified atom stereocenters. The molecule has 62 heavy (non-hydrogen) atoms. The van der Waals surface area contributed by atoms with Gasteiger partial charge in [-0.25, -0.2) is 0 Å². The summed E-state index contributed by atoms with van der Waals surface area (Å²) in [4.78, 5) is 5.03. The zero-order chi connectivity index (χ0) is 42.1. The van der Waals surface area contributed by atoms with Crippen molar-refractivity contribution in [3.05, 3.63) is 203 Å². The molecule has 4 saturated heterocycles. The lowest BCUT2D eigenvalue weighted by atomic mass is 9.16. The van der Waals surface area contributed by atoms with Gasteiger partial charge >= 0.3 is 0 Å². The highest BCUT2D eigenvalue weighted by molar-refractivity contribution is 5.58. The molecule has 0 spiro atoms. The predicted octanol–water partition coefficient (Wildman–Crippen LogP) is 7.17. The quantitative estimate of drug-likeness (QED) is 0.0815. The molecule has 0 atom stereocenters. The second-order valence-corrected chi connectivity index (χ2v) is 18.6. The average Bonchev–Trinajstić information content (AvgIpc) is 3.31. The lowest BCUT2D eigenvalue weighted by molar-refractivity contribution is -0.493. The van der Waals surface area contributed by atoms with Gasteiger partial charge in [-0.3, -0.25) is 9.80 Å². The Morgan fingerprint density at radius 1 is 0.371 bits per heavy atom. The van der Waals surface area contributed by atoms with E-state index in [1.165, 1.54) is 0 Å². The number of piperidine rings is 4. The van der Waals surface area contributed by atoms with E-state index in [2.05, 4.69) is 107 Å². The molecular weight excluding hydrogens is 773 g/mol. The number of nitrogens with zero attached hydrogens (tertiary/aromatic N) is 2. The van der Waals surface area contributed by atoms with Crippen molar-refractivity contribution >= 4 is 0 Å². The Bertz CT molecular complexity index is 2280. The van der Waals surface area contributed by atoms with Gasteiger partial charge in [0.1, 0.15) is 24.7 Å². The van der Waals surface area contributed by atoms with E-state index < -0.39 is 21.7 Å². The van der Waals surface area contributed by atoms with E-state index in [0.717, 1.165) is 44.9 Å². The monoisotopic (exact) mass is 826 g/mol. The molecule has 0 aromatic heterocycles. The largest absolute Gasteiger partial charge is 0.489 e. The first-order chi connectivity index (χ1) is 30.5. The van der Waals surface area contributed by atoms with Crippen molar-refractivity contribution in [2.45, 2.75) is 62.3 Å². The van der Waals surface area contributed by atoms with E-state index in [-0.39, 0.29) is 62.4 Å². The fourth-order valence-electron chi connectivity index (χ4n) is 14.7. The number of benzene rings is 6. The molecule has 4 heterocycles. The molecule has 2 aliphatic carbocycles. The van der Waals surface area contributed by atoms with E-state index in [0.29, 0.717) is 26.3 Å². The Morgan fingerprint density at radius 2 is 0.677 bits per heavy atom. The molecule has 0 amide bonds. The molecule has 0 radical (unpaired) electrons. The SMILES string of the molecule is OCC12C(c3cccc(OCc4ccccc4)c3)C3(CO)C4N(Cc5ccccc5)C1C1(CO)C(c5cccc(OCc6ccccc6)c5)C4(CO)C3N(Cc3ccccc3)C21. The highest BCUT2D eigenvalue weighted by Crippen LogP contribution is 2.91. The van der Waals surface area contributed by atoms with Crippen LogP contribution in [0.4, 0.5) is 0 Å². The zero-order valence-electron chi connectivity index (χ0n) is 34.8. The van der Waals surface area contributed by atoms with Crippen molar-refractivity contribution in [2.24, 2.45) is 21.7 Å². The molecule has 4 aliphatic heterocycles. The molecule has 6 aromatic rings. The van der Waals surface area contributed by atoms with E-state index >= 15 is 0 Å². The van der Waals surface area contributed by atoms with Crippen molar-refractivity contribution < 1.29 is 29.9 Å². The third kappa shape index (κ3) is 5.28. The van der Waals surface area contributed by atoms with Crippen LogP contribution in [0, 0.1) is 21.7 Å². The molecule has 6 aliphatic rings. The van der Waals surface area contributed by atoms with Gasteiger partial charge in [-0.05, 0) is 57.6 Å². The van der Waals surface area contributed by atoms with Gasteiger partial charge in [0.05, 0.1) is 26.4 Å². The normalized spacial score (nSPS) is 32.5. The summed E-state index contributed by atoms with van der Waals surface area (Å²) >= 11 is 0. The summed E-state index contributed by atoms with van der Waals surface area (Å²) in [5.74, 6) is 0.833. The third-order valence-electron chi connectivity index (χ3n) is 15.9. The summed E-state index contributed by atoms with van der Waals surface area (Å²) in [5.41, 5.74) is 3.11. The maximum absolute atomic E-state index is 12.5. The Hall–Kier alpha value is -5.32. The minimum absolute atomic E-state index is 0.152. The lowest BCUT2D eigenvalue weighted by Gasteiger charge is -2.98. The summed E-state index contributed by atoms with van der Waals surface area (Å²) in [6, 6.07) is 56.3. The van der Waals surface area contributed by atoms with Gasteiger partial charge in [0.15, 0.2) is 0 Å². The van der Waals surface area contributed by atoms with Crippen LogP contribution in [0.1, 0.15) is 45.2 Å². The number of hydrogen-bond acceptors (Lipinski definition) is 8. The molecule has 6 fully saturated rings. The van der Waals surface area contributed by atoms with Crippen LogP contribution >= 0.6 is 0 Å². The van der Waals surface area contributed by atoms with Crippen LogP contribution in [-0.2, 0) is 26.3 Å². The number of ether oxygens (including phenoxy) is 2. The van der Waals surface area contributed by atoms with Gasteiger partial charge < -0.3 is 29.9 Å². The first-order valence-electron chi connectivity index (χ1n) is 22.1. The van der Waals surface area contributed by atoms with Crippen LogP contribution in [-0.4, -0.2) is 80.8 Å². The standard InChI is InChI=1S/C54H54N2O6/c57-33-51-45(41-23-13-25-43(27-41)61-31-39-19-9-3-10-20-39)52(34-58)48-54(36-60)46(42-24-14-26-44(28-42)62-32-40-21-11-4-12-22-40)53(35-59,47(51)55(48)29-37-15-5-1-6-16-37)49(51)56(50(52)54)30-38-17-7-2-8-18-38/h1-28,45-50,57-60H,29-36H2. The molecule has 12 rings (SSSR count). The molecule has 316 valence electrons. The van der Waals surface area contributed by atoms with Crippen LogP contribution < -0.4 is 9.47 Å². The van der Waals surface area contributed by atoms with Crippen molar-refractivity contribution in [3.63, 3.8) is 0 Å². The van der Waals surface area contributed by atoms with Crippen LogP contribution in [0.25, 0.3) is 0 Å². The zero-order valence-corrected chi connectivity index (χ0v) is 34.8. The third-order valence-corrected chi connectivity index (χ3v) is 15.9. The topological polar surface area (TPSA) is 106 Å². The van der Waals surface area contributed by atoms with Crippen molar-refractivity contribution in [3.8, 4) is 11.5 Å². The average molecular weight is 827 g/mol. The summed E-state index contributed by atoms with van der Waals surface area (Å²) in [7, 11) is 0. The number of aliphatic hydroxyl groups excluding tert-OH is 4. The second-order valence-electron chi connectivity index (χ2n) is 18.6. The van der Waals surface area contributed by atoms with Crippen molar-refractivity contribution in [1.29, 1.82) is 0 Å². The van der Waals surface area contributed by atoms with Gasteiger partial charge in [0.25, 0.3) is 0 Å². The molecule has 2 saturated carbocycles. The minimum atomic E-state index is -0.818. The van der Waals surface area contributed by atoms with Gasteiger partial charge in [0.2, 0.25) is 0 Å². The van der Waals surface area contributed by atoms with Crippen LogP contribution in [0.15, 0.2) is 170 Å². The molecule has 4 N–H and O–H groups in total. The maximum Gasteiger partial charge on any atom is 0.120 e. The van der Waals surface area contributed by atoms with Crippen molar-refractivity contribution in [1.82, 2.24) is 9.80 Å². The number of hydrogen-bond donors (Lipinski definition) is 4. The number of aliphatic hydroxyl groups is 4. The summed E-state index contributed by atoms with van der Waals surface area (Å²) in [6.07, 6.45) is 0. The number of rotatable bonds is 16. The summed E-state index contributed by atoms with van der Waals surface area (Å²) in [6.45, 7) is 1.33. The van der Waals surface area contributed by atoms with Gasteiger partial charge in [-0.2, -0.15) is 0 Å². The highest BCUT2D eigenvalue weighted by atomic mass is 16.5. The first-order valence-corrected chi connectivity index (χ1v) is 22.1. The fourth-order valence-corrected chi connectivity index (χ4v) is 14.7. The maximum atomic E-state index is 12.5. The van der Waals surface area contributed by atoms with Gasteiger partial charge in [-0.15, -0.1) is 0 Å². The molecule has 8 heteroatoms. The Morgan fingerprint density at radius 3 is 0.984 bits per heavy atom. The summed E-state index contributed by atoms with van der Waals surface area (Å²) < 4.78 is 12.9. The Balaban J connectivity index is 1.11. The molecular formula is C54H54N2O6. The van der Waals surface area contributed by atoms with Crippen LogP contribution in [0.5, 0.6) is 11.5 Å². The van der Waals surface area contributed by atoms with Gasteiger partial charge in [-0.1, -0.05) is 146 Å². The second kappa shape index (κ2) is 15.2. The van der Waals surface area contributed by atoms with Crippen LogP contribution in [0.2, 0.25) is 0 Å². The van der Waals surface area contributed by atoms with E-state index in [1.54, 1.807) is 0 Å². The predicted molar refractivity (Wildman–Crippen MR) is 237 cm³/mol. The smallest absolute Gasteiger partial charge is 0.120 e. The Labute approximate surface area is 363 Å². The minimum Gasteiger partial charge on any atom is -0.489 e. The highest BCUT2D eigenvalue weighted by Gasteiger charge is 2.99. The van der Waals surface area contributed by atoms with Crippen molar-refractivity contribution in [2.75, 3.05) is 26.4 Å². The van der Waals surface area contributed by atoms with Crippen LogP contribution in [0.3, 0.4) is 0 Å². The fraction of sp³-hybridized carbons (Fsp3) is 0.333. The van der Waals surface area contributed by atoms with Gasteiger partial charge in [0, 0.05) is 70.8 Å². The first kappa shape index (κ1) is 39.5. The lowest BCUT2D eigenvalue weighted by Crippen LogP contribution is -3.07. The van der Waals surface area contributed by atoms with E-state index in [4.69, 9.17) is 9.47 Å². The Kier molecular flexibility index (Phi) is 9.68. The van der Waals surface area contributed by atoms with E-state index in [9.17, 15) is 20.4 Å².